The maximum atomic E-state index is 12.8. The smallest absolute Gasteiger partial charge is 0.366 e. The summed E-state index contributed by atoms with van der Waals surface area (Å²) in [5.41, 5.74) is 6.42. The van der Waals surface area contributed by atoms with E-state index in [-0.39, 0.29) is 12.0 Å². The Kier molecular flexibility index (Phi) is 4.28. The minimum absolute atomic E-state index is 0.0243. The summed E-state index contributed by atoms with van der Waals surface area (Å²) in [6.07, 6.45) is 0.247. The molecule has 2 aliphatic carbocycles. The van der Waals surface area contributed by atoms with E-state index in [1.165, 1.54) is 4.68 Å². The summed E-state index contributed by atoms with van der Waals surface area (Å²) < 4.78 is 39.8. The van der Waals surface area contributed by atoms with Crippen LogP contribution in [0.25, 0.3) is 0 Å². The number of aromatic nitrogens is 2. The highest BCUT2D eigenvalue weighted by molar-refractivity contribution is 5.94. The lowest BCUT2D eigenvalue weighted by Crippen LogP contribution is -2.18. The molecule has 0 spiro atoms. The number of nitrogens with two attached hydrogens (primary N) is 1. The van der Waals surface area contributed by atoms with Crippen LogP contribution in [0.1, 0.15) is 59.6 Å². The van der Waals surface area contributed by atoms with E-state index in [4.69, 9.17) is 5.73 Å². The van der Waals surface area contributed by atoms with Crippen LogP contribution in [0.5, 0.6) is 0 Å². The Morgan fingerprint density at radius 1 is 1.30 bits per heavy atom. The highest BCUT2D eigenvalue weighted by atomic mass is 19.4. The fourth-order valence-corrected chi connectivity index (χ4v) is 5.10. The average Bonchev–Trinajstić information content (AvgIpc) is 3.03. The van der Waals surface area contributed by atoms with Gasteiger partial charge in [-0.25, -0.2) is 0 Å². The largest absolute Gasteiger partial charge is 0.419 e. The van der Waals surface area contributed by atoms with Gasteiger partial charge in [0.2, 0.25) is 5.91 Å². The highest BCUT2D eigenvalue weighted by Crippen LogP contribution is 2.66. The van der Waals surface area contributed by atoms with Crippen molar-refractivity contribution in [1.29, 1.82) is 0 Å². The monoisotopic (exact) mass is 377 g/mol. The fourth-order valence-electron chi connectivity index (χ4n) is 5.10. The molecule has 1 aromatic carbocycles. The number of rotatable bonds is 5. The van der Waals surface area contributed by atoms with Crippen LogP contribution in [0.4, 0.5) is 13.2 Å². The average molecular weight is 377 g/mol. The Bertz CT molecular complexity index is 848. The van der Waals surface area contributed by atoms with E-state index in [2.05, 4.69) is 12.0 Å². The van der Waals surface area contributed by atoms with E-state index in [1.54, 1.807) is 6.07 Å². The maximum Gasteiger partial charge on any atom is 0.419 e. The van der Waals surface area contributed by atoms with Gasteiger partial charge in [0.1, 0.15) is 0 Å². The third-order valence-electron chi connectivity index (χ3n) is 6.32. The van der Waals surface area contributed by atoms with Crippen LogP contribution in [0.3, 0.4) is 0 Å². The van der Waals surface area contributed by atoms with Crippen molar-refractivity contribution in [3.63, 3.8) is 0 Å². The summed E-state index contributed by atoms with van der Waals surface area (Å²) in [6, 6.07) is 7.51. The zero-order valence-corrected chi connectivity index (χ0v) is 15.0. The van der Waals surface area contributed by atoms with Crippen LogP contribution < -0.4 is 5.73 Å². The van der Waals surface area contributed by atoms with Crippen LogP contribution in [-0.2, 0) is 6.18 Å². The number of carbonyl (C=O) groups excluding carboxylic acids is 1. The molecule has 2 aromatic rings. The van der Waals surface area contributed by atoms with Crippen molar-refractivity contribution in [1.82, 2.24) is 9.78 Å². The molecule has 1 heterocycles. The molecular formula is C20H22F3N3O. The molecule has 2 N–H and O–H groups in total. The molecule has 0 aliphatic heterocycles. The summed E-state index contributed by atoms with van der Waals surface area (Å²) in [4.78, 5) is 11.8. The van der Waals surface area contributed by atoms with E-state index >= 15 is 0 Å². The molecule has 1 amide bonds. The van der Waals surface area contributed by atoms with Crippen LogP contribution in [0.15, 0.2) is 36.7 Å². The van der Waals surface area contributed by atoms with Crippen LogP contribution in [0, 0.1) is 17.8 Å². The van der Waals surface area contributed by atoms with Gasteiger partial charge in [0, 0.05) is 11.8 Å². The molecule has 2 saturated carbocycles. The Morgan fingerprint density at radius 3 is 2.52 bits per heavy atom. The second kappa shape index (κ2) is 6.39. The summed E-state index contributed by atoms with van der Waals surface area (Å²) >= 11 is 0. The second-order valence-electron chi connectivity index (χ2n) is 7.70. The third-order valence-corrected chi connectivity index (χ3v) is 6.32. The van der Waals surface area contributed by atoms with E-state index in [9.17, 15) is 18.0 Å². The first-order valence-corrected chi connectivity index (χ1v) is 9.31. The van der Waals surface area contributed by atoms with Gasteiger partial charge in [-0.15, -0.1) is 0 Å². The number of amides is 1. The standard InChI is InChI=1S/C20H22F3N3O/c1-2-13(14-5-3-4-6-15(14)19(24)27)18-16-7-12(8-17(16)18)26-10-11(9-25-26)20(21,22)23/h3-6,9-10,12-13,16-18H,2,7-8H2,1H3,(H2,24,27)/t12?,13-,16+,17+,18?/m0/s1. The van der Waals surface area contributed by atoms with Gasteiger partial charge in [-0.2, -0.15) is 18.3 Å². The van der Waals surface area contributed by atoms with Gasteiger partial charge in [0.15, 0.2) is 0 Å². The quantitative estimate of drug-likeness (QED) is 0.840. The molecule has 1 aromatic heterocycles. The highest BCUT2D eigenvalue weighted by Gasteiger charge is 2.59. The van der Waals surface area contributed by atoms with Crippen molar-refractivity contribution in [3.05, 3.63) is 53.3 Å². The number of fused-ring (bicyclic) bond motifs is 1. The number of hydrogen-bond donors (Lipinski definition) is 1. The minimum Gasteiger partial charge on any atom is -0.366 e. The van der Waals surface area contributed by atoms with Crippen molar-refractivity contribution in [2.24, 2.45) is 23.5 Å². The predicted octanol–water partition coefficient (Wildman–Crippen LogP) is 4.39. The number of carbonyl (C=O) groups is 1. The molecule has 7 heteroatoms. The van der Waals surface area contributed by atoms with Crippen molar-refractivity contribution in [3.8, 4) is 0 Å². The number of halogens is 3. The lowest BCUT2D eigenvalue weighted by molar-refractivity contribution is -0.137. The normalized spacial score (nSPS) is 26.0. The van der Waals surface area contributed by atoms with Crippen molar-refractivity contribution in [2.45, 2.75) is 44.3 Å². The van der Waals surface area contributed by atoms with Gasteiger partial charge in [-0.1, -0.05) is 25.1 Å². The maximum absolute atomic E-state index is 12.8. The van der Waals surface area contributed by atoms with E-state index in [0.717, 1.165) is 37.2 Å². The van der Waals surface area contributed by atoms with E-state index < -0.39 is 17.6 Å². The fraction of sp³-hybridized carbons (Fsp3) is 0.500. The first-order chi connectivity index (χ1) is 12.8. The number of alkyl halides is 3. The molecule has 4 rings (SSSR count). The SMILES string of the molecule is CC[C@@H](c1ccccc1C(N)=O)C1[C@@H]2CC(n3cc(C(F)(F)F)cn3)C[C@@H]12. The van der Waals surface area contributed by atoms with E-state index in [0.29, 0.717) is 23.3 Å². The molecule has 4 nitrogen and oxygen atoms in total. The van der Waals surface area contributed by atoms with Gasteiger partial charge >= 0.3 is 6.18 Å². The molecule has 2 aliphatic rings. The van der Waals surface area contributed by atoms with Crippen LogP contribution in [0.2, 0.25) is 0 Å². The molecule has 2 fully saturated rings. The van der Waals surface area contributed by atoms with Crippen molar-refractivity contribution >= 4 is 5.91 Å². The Morgan fingerprint density at radius 2 is 1.96 bits per heavy atom. The zero-order valence-electron chi connectivity index (χ0n) is 15.0. The van der Waals surface area contributed by atoms with Crippen molar-refractivity contribution in [2.75, 3.05) is 0 Å². The summed E-state index contributed by atoms with van der Waals surface area (Å²) in [5, 5.41) is 3.94. The Balaban J connectivity index is 1.48. The molecule has 0 unspecified atom stereocenters. The Labute approximate surface area is 155 Å². The lowest BCUT2D eigenvalue weighted by Gasteiger charge is -2.22. The molecule has 27 heavy (non-hydrogen) atoms. The summed E-state index contributed by atoms with van der Waals surface area (Å²) in [6.45, 7) is 2.11. The number of nitrogens with zero attached hydrogens (tertiary/aromatic N) is 2. The first-order valence-electron chi connectivity index (χ1n) is 9.31. The molecule has 0 bridgehead atoms. The topological polar surface area (TPSA) is 60.9 Å². The first kappa shape index (κ1) is 18.1. The molecule has 144 valence electrons. The van der Waals surface area contributed by atoms with Gasteiger partial charge in [-0.05, 0) is 54.6 Å². The van der Waals surface area contributed by atoms with Gasteiger partial charge in [0.05, 0.1) is 17.8 Å². The van der Waals surface area contributed by atoms with Crippen LogP contribution >= 0.6 is 0 Å². The minimum atomic E-state index is -4.35. The van der Waals surface area contributed by atoms with Crippen LogP contribution in [-0.4, -0.2) is 15.7 Å². The van der Waals surface area contributed by atoms with Crippen molar-refractivity contribution < 1.29 is 18.0 Å². The Hall–Kier alpha value is -2.31. The third kappa shape index (κ3) is 3.13. The summed E-state index contributed by atoms with van der Waals surface area (Å²) in [7, 11) is 0. The lowest BCUT2D eigenvalue weighted by atomic mass is 9.84. The number of hydrogen-bond acceptors (Lipinski definition) is 2. The van der Waals surface area contributed by atoms with Gasteiger partial charge < -0.3 is 5.73 Å². The van der Waals surface area contributed by atoms with Gasteiger partial charge in [-0.3, -0.25) is 9.48 Å². The van der Waals surface area contributed by atoms with E-state index in [1.807, 2.05) is 18.2 Å². The zero-order chi connectivity index (χ0) is 19.3. The molecule has 3 atom stereocenters. The predicted molar refractivity (Wildman–Crippen MR) is 94.0 cm³/mol. The summed E-state index contributed by atoms with van der Waals surface area (Å²) in [5.74, 6) is 1.25. The number of benzene rings is 1. The molecule has 0 saturated heterocycles. The molecular weight excluding hydrogens is 355 g/mol. The number of primary amides is 1. The molecule has 0 radical (unpaired) electrons. The second-order valence-corrected chi connectivity index (χ2v) is 7.70. The van der Waals surface area contributed by atoms with Gasteiger partial charge in [0.25, 0.3) is 0 Å².